The van der Waals surface area contributed by atoms with Crippen LogP contribution in [0.3, 0.4) is 0 Å². The monoisotopic (exact) mass is 170 g/mol. The van der Waals surface area contributed by atoms with Gasteiger partial charge in [-0.3, -0.25) is 0 Å². The Balaban J connectivity index is 2.48. The van der Waals surface area contributed by atoms with Gasteiger partial charge in [-0.15, -0.1) is 0 Å². The topological polar surface area (TPSA) is 49.8 Å². The smallest absolute Gasteiger partial charge is 0.327 e. The lowest BCUT2D eigenvalue weighted by Gasteiger charge is -2.12. The zero-order chi connectivity index (χ0) is 9.14. The van der Waals surface area contributed by atoms with E-state index in [2.05, 4.69) is 13.8 Å². The molecule has 0 radical (unpaired) electrons. The van der Waals surface area contributed by atoms with E-state index in [-0.39, 0.29) is 12.0 Å². The van der Waals surface area contributed by atoms with Crippen molar-refractivity contribution in [2.75, 3.05) is 6.61 Å². The summed E-state index contributed by atoms with van der Waals surface area (Å²) in [6, 6.07) is 0. The average Bonchev–Trinajstić information content (AvgIpc) is 2.69. The Bertz CT molecular complexity index is 190. The van der Waals surface area contributed by atoms with Gasteiger partial charge in [-0.2, -0.15) is 0 Å². The van der Waals surface area contributed by atoms with E-state index >= 15 is 0 Å². The molecule has 1 saturated heterocycles. The van der Waals surface area contributed by atoms with Crippen molar-refractivity contribution in [1.82, 2.24) is 0 Å². The van der Waals surface area contributed by atoms with Crippen molar-refractivity contribution in [3.05, 3.63) is 12.2 Å². The van der Waals surface area contributed by atoms with Gasteiger partial charge < -0.3 is 9.84 Å². The first-order chi connectivity index (χ1) is 5.61. The van der Waals surface area contributed by atoms with Gasteiger partial charge in [-0.05, 0) is 5.92 Å². The van der Waals surface area contributed by atoms with Crippen LogP contribution in [-0.4, -0.2) is 23.8 Å². The van der Waals surface area contributed by atoms with Crippen LogP contribution in [0.2, 0.25) is 0 Å². The molecule has 0 aromatic rings. The van der Waals surface area contributed by atoms with Crippen LogP contribution in [0.25, 0.3) is 0 Å². The summed E-state index contributed by atoms with van der Waals surface area (Å²) in [6.07, 6.45) is 3.18. The van der Waals surface area contributed by atoms with E-state index in [9.17, 15) is 4.79 Å². The second-order valence-corrected chi connectivity index (χ2v) is 3.39. The molecule has 1 fully saturated rings. The molecule has 12 heavy (non-hydrogen) atoms. The number of epoxide rings is 1. The molecule has 1 N–H and O–H groups in total. The lowest BCUT2D eigenvalue weighted by atomic mass is 9.92. The molecule has 0 saturated carbocycles. The summed E-state index contributed by atoms with van der Waals surface area (Å²) >= 11 is 0. The third kappa shape index (κ3) is 2.66. The van der Waals surface area contributed by atoms with Crippen LogP contribution in [0, 0.1) is 11.8 Å². The highest BCUT2D eigenvalue weighted by Gasteiger charge is 2.32. The van der Waals surface area contributed by atoms with Gasteiger partial charge in [0.2, 0.25) is 0 Å². The van der Waals surface area contributed by atoms with Crippen LogP contribution in [-0.2, 0) is 9.53 Å². The third-order valence-corrected chi connectivity index (χ3v) is 2.02. The van der Waals surface area contributed by atoms with E-state index in [0.29, 0.717) is 5.92 Å². The fraction of sp³-hybridized carbons (Fsp3) is 0.667. The number of ether oxygens (including phenoxy) is 1. The van der Waals surface area contributed by atoms with Crippen LogP contribution < -0.4 is 0 Å². The SMILES string of the molecule is CC(C)C(C=CC(=O)O)C1CO1. The Morgan fingerprint density at radius 2 is 2.25 bits per heavy atom. The second-order valence-electron chi connectivity index (χ2n) is 3.39. The van der Waals surface area contributed by atoms with Crippen molar-refractivity contribution in [2.24, 2.45) is 11.8 Å². The van der Waals surface area contributed by atoms with Crippen molar-refractivity contribution in [1.29, 1.82) is 0 Å². The zero-order valence-corrected chi connectivity index (χ0v) is 7.36. The van der Waals surface area contributed by atoms with E-state index in [1.165, 1.54) is 6.08 Å². The molecule has 68 valence electrons. The summed E-state index contributed by atoms with van der Waals surface area (Å²) in [5, 5.41) is 8.42. The fourth-order valence-corrected chi connectivity index (χ4v) is 1.25. The fourth-order valence-electron chi connectivity index (χ4n) is 1.25. The largest absolute Gasteiger partial charge is 0.478 e. The van der Waals surface area contributed by atoms with E-state index in [0.717, 1.165) is 6.61 Å². The highest BCUT2D eigenvalue weighted by molar-refractivity contribution is 5.79. The molecule has 2 atom stereocenters. The Hall–Kier alpha value is -0.830. The Morgan fingerprint density at radius 3 is 2.58 bits per heavy atom. The Kier molecular flexibility index (Phi) is 2.87. The van der Waals surface area contributed by atoms with E-state index < -0.39 is 5.97 Å². The molecular formula is C9H14O3. The summed E-state index contributed by atoms with van der Waals surface area (Å²) in [6.45, 7) is 4.91. The van der Waals surface area contributed by atoms with Gasteiger partial charge in [-0.1, -0.05) is 19.9 Å². The zero-order valence-electron chi connectivity index (χ0n) is 7.36. The molecule has 0 aromatic heterocycles. The van der Waals surface area contributed by atoms with Gasteiger partial charge in [0.05, 0.1) is 12.7 Å². The highest BCUT2D eigenvalue weighted by atomic mass is 16.6. The maximum atomic E-state index is 10.2. The molecule has 1 heterocycles. The standard InChI is InChI=1S/C9H14O3/c1-6(2)7(8-5-12-8)3-4-9(10)11/h3-4,6-8H,5H2,1-2H3,(H,10,11). The minimum atomic E-state index is -0.888. The summed E-state index contributed by atoms with van der Waals surface area (Å²) in [5.74, 6) is -0.199. The maximum absolute atomic E-state index is 10.2. The molecule has 0 bridgehead atoms. The lowest BCUT2D eigenvalue weighted by molar-refractivity contribution is -0.131. The number of carboxylic acids is 1. The van der Waals surface area contributed by atoms with Crippen LogP contribution >= 0.6 is 0 Å². The van der Waals surface area contributed by atoms with Crippen LogP contribution in [0.5, 0.6) is 0 Å². The average molecular weight is 170 g/mol. The molecule has 1 aliphatic rings. The second kappa shape index (κ2) is 3.72. The molecule has 0 amide bonds. The summed E-state index contributed by atoms with van der Waals surface area (Å²) in [5.41, 5.74) is 0. The normalized spacial score (nSPS) is 24.8. The molecule has 0 spiro atoms. The van der Waals surface area contributed by atoms with Crippen molar-refractivity contribution in [3.63, 3.8) is 0 Å². The van der Waals surface area contributed by atoms with Gasteiger partial charge >= 0.3 is 5.97 Å². The van der Waals surface area contributed by atoms with Crippen LogP contribution in [0.15, 0.2) is 12.2 Å². The molecule has 1 aliphatic heterocycles. The van der Waals surface area contributed by atoms with Crippen molar-refractivity contribution in [2.45, 2.75) is 20.0 Å². The summed E-state index contributed by atoms with van der Waals surface area (Å²) in [4.78, 5) is 10.2. The Labute approximate surface area is 72.0 Å². The molecule has 2 unspecified atom stereocenters. The van der Waals surface area contributed by atoms with Gasteiger partial charge in [-0.25, -0.2) is 4.79 Å². The van der Waals surface area contributed by atoms with E-state index in [1.807, 2.05) is 0 Å². The first-order valence-electron chi connectivity index (χ1n) is 4.14. The molecule has 0 aliphatic carbocycles. The maximum Gasteiger partial charge on any atom is 0.327 e. The van der Waals surface area contributed by atoms with Crippen LogP contribution in [0.4, 0.5) is 0 Å². The first kappa shape index (κ1) is 9.26. The quantitative estimate of drug-likeness (QED) is 0.511. The van der Waals surface area contributed by atoms with Gasteiger partial charge in [0, 0.05) is 12.0 Å². The Morgan fingerprint density at radius 1 is 1.67 bits per heavy atom. The minimum Gasteiger partial charge on any atom is -0.478 e. The lowest BCUT2D eigenvalue weighted by Crippen LogP contribution is -2.13. The molecular weight excluding hydrogens is 156 g/mol. The molecule has 1 rings (SSSR count). The van der Waals surface area contributed by atoms with Crippen molar-refractivity contribution < 1.29 is 14.6 Å². The van der Waals surface area contributed by atoms with Gasteiger partial charge in [0.25, 0.3) is 0 Å². The van der Waals surface area contributed by atoms with Crippen LogP contribution in [0.1, 0.15) is 13.8 Å². The summed E-state index contributed by atoms with van der Waals surface area (Å²) < 4.78 is 5.12. The number of aliphatic carboxylic acids is 1. The third-order valence-electron chi connectivity index (χ3n) is 2.02. The van der Waals surface area contributed by atoms with Gasteiger partial charge in [0.1, 0.15) is 0 Å². The summed E-state index contributed by atoms with van der Waals surface area (Å²) in [7, 11) is 0. The van der Waals surface area contributed by atoms with Gasteiger partial charge in [0.15, 0.2) is 0 Å². The predicted molar refractivity (Wildman–Crippen MR) is 44.8 cm³/mol. The molecule has 3 heteroatoms. The number of rotatable bonds is 4. The number of hydrogen-bond donors (Lipinski definition) is 1. The van der Waals surface area contributed by atoms with Crippen molar-refractivity contribution in [3.8, 4) is 0 Å². The first-order valence-corrected chi connectivity index (χ1v) is 4.14. The van der Waals surface area contributed by atoms with E-state index in [1.54, 1.807) is 6.08 Å². The molecule has 0 aromatic carbocycles. The van der Waals surface area contributed by atoms with E-state index in [4.69, 9.17) is 9.84 Å². The molecule has 3 nitrogen and oxygen atoms in total. The number of carbonyl (C=O) groups is 1. The number of carboxylic acid groups (broad SMARTS) is 1. The van der Waals surface area contributed by atoms with Crippen molar-refractivity contribution >= 4 is 5.97 Å². The number of hydrogen-bond acceptors (Lipinski definition) is 2. The minimum absolute atomic E-state index is 0.251. The predicted octanol–water partition coefficient (Wildman–Crippen LogP) is 1.30. The highest BCUT2D eigenvalue weighted by Crippen LogP contribution is 2.27.